The predicted molar refractivity (Wildman–Crippen MR) is 67.2 cm³/mol. The zero-order valence-electron chi connectivity index (χ0n) is 10.1. The Labute approximate surface area is 93.3 Å². The molecule has 0 unspecified atom stereocenters. The highest BCUT2D eigenvalue weighted by atomic mass is 15.1. The Morgan fingerprint density at radius 1 is 1.07 bits per heavy atom. The molecule has 1 N–H and O–H groups in total. The van der Waals surface area contributed by atoms with E-state index in [9.17, 15) is 0 Å². The second kappa shape index (κ2) is 6.46. The van der Waals surface area contributed by atoms with E-state index in [1.54, 1.807) is 0 Å². The molecule has 0 amide bonds. The summed E-state index contributed by atoms with van der Waals surface area (Å²) in [6.07, 6.45) is 0. The van der Waals surface area contributed by atoms with Crippen molar-refractivity contribution in [2.45, 2.75) is 27.3 Å². The van der Waals surface area contributed by atoms with Crippen LogP contribution in [0.2, 0.25) is 0 Å². The van der Waals surface area contributed by atoms with Crippen LogP contribution in [0.5, 0.6) is 0 Å². The molecule has 1 aromatic carbocycles. The van der Waals surface area contributed by atoms with Gasteiger partial charge in [0.05, 0.1) is 0 Å². The molecule has 0 aliphatic rings. The maximum atomic E-state index is 3.40. The zero-order valence-corrected chi connectivity index (χ0v) is 10.1. The number of nitrogens with one attached hydrogen (secondary N) is 1. The fourth-order valence-electron chi connectivity index (χ4n) is 1.71. The van der Waals surface area contributed by atoms with E-state index >= 15 is 0 Å². The molecule has 0 aromatic heterocycles. The Morgan fingerprint density at radius 3 is 2.33 bits per heavy atom. The van der Waals surface area contributed by atoms with Gasteiger partial charge < -0.3 is 5.32 Å². The van der Waals surface area contributed by atoms with E-state index in [0.717, 1.165) is 26.2 Å². The summed E-state index contributed by atoms with van der Waals surface area (Å²) in [6, 6.07) is 8.56. The van der Waals surface area contributed by atoms with Crippen LogP contribution in [0.25, 0.3) is 0 Å². The summed E-state index contributed by atoms with van der Waals surface area (Å²) in [5, 5.41) is 3.40. The minimum atomic E-state index is 0.981. The van der Waals surface area contributed by atoms with Gasteiger partial charge in [-0.25, -0.2) is 0 Å². The van der Waals surface area contributed by atoms with Crippen LogP contribution in [0.15, 0.2) is 24.3 Å². The van der Waals surface area contributed by atoms with Gasteiger partial charge in [0, 0.05) is 18.8 Å². The molecule has 0 radical (unpaired) electrons. The molecule has 0 aliphatic heterocycles. The quantitative estimate of drug-likeness (QED) is 0.770. The number of anilines is 1. The van der Waals surface area contributed by atoms with Crippen molar-refractivity contribution in [3.8, 4) is 0 Å². The van der Waals surface area contributed by atoms with Crippen molar-refractivity contribution in [1.82, 2.24) is 4.90 Å². The molecule has 2 heteroatoms. The first-order valence-corrected chi connectivity index (χ1v) is 5.85. The first-order valence-electron chi connectivity index (χ1n) is 5.85. The van der Waals surface area contributed by atoms with Crippen LogP contribution >= 0.6 is 0 Å². The van der Waals surface area contributed by atoms with E-state index in [-0.39, 0.29) is 0 Å². The van der Waals surface area contributed by atoms with Gasteiger partial charge in [-0.15, -0.1) is 0 Å². The maximum absolute atomic E-state index is 3.40. The molecule has 0 fully saturated rings. The molecule has 0 heterocycles. The molecule has 0 bridgehead atoms. The molecule has 0 spiro atoms. The third-order valence-corrected chi connectivity index (χ3v) is 2.67. The van der Waals surface area contributed by atoms with Crippen molar-refractivity contribution in [1.29, 1.82) is 0 Å². The van der Waals surface area contributed by atoms with Crippen LogP contribution in [0.1, 0.15) is 26.3 Å². The Hall–Kier alpha value is -1.02. The van der Waals surface area contributed by atoms with Crippen LogP contribution in [-0.4, -0.2) is 24.5 Å². The molecule has 0 saturated carbocycles. The molecular weight excluding hydrogens is 184 g/mol. The summed E-state index contributed by atoms with van der Waals surface area (Å²) >= 11 is 0. The van der Waals surface area contributed by atoms with Gasteiger partial charge in [-0.2, -0.15) is 0 Å². The Balaban J connectivity index is 2.73. The van der Waals surface area contributed by atoms with Gasteiger partial charge >= 0.3 is 0 Å². The first-order chi connectivity index (χ1) is 7.31. The predicted octanol–water partition coefficient (Wildman–Crippen LogP) is 2.96. The molecule has 0 aliphatic carbocycles. The van der Waals surface area contributed by atoms with Crippen LogP contribution in [-0.2, 0) is 6.54 Å². The van der Waals surface area contributed by atoms with Gasteiger partial charge in [0.1, 0.15) is 0 Å². The van der Waals surface area contributed by atoms with Crippen LogP contribution < -0.4 is 5.32 Å². The highest BCUT2D eigenvalue weighted by Gasteiger charge is 2.04. The molecule has 1 aromatic rings. The summed E-state index contributed by atoms with van der Waals surface area (Å²) in [5.74, 6) is 0. The van der Waals surface area contributed by atoms with Gasteiger partial charge in [0.15, 0.2) is 0 Å². The first kappa shape index (κ1) is 12.1. The number of hydrogen-bond donors (Lipinski definition) is 1. The highest BCUT2D eigenvalue weighted by Crippen LogP contribution is 2.16. The van der Waals surface area contributed by atoms with Crippen LogP contribution in [0, 0.1) is 0 Å². The molecular formula is C13H22N2. The average molecular weight is 206 g/mol. The van der Waals surface area contributed by atoms with Crippen molar-refractivity contribution in [3.05, 3.63) is 29.8 Å². The number of para-hydroxylation sites is 1. The zero-order chi connectivity index (χ0) is 11.1. The normalized spacial score (nSPS) is 10.7. The van der Waals surface area contributed by atoms with Gasteiger partial charge in [-0.05, 0) is 31.6 Å². The Kier molecular flexibility index (Phi) is 5.19. The Morgan fingerprint density at radius 2 is 1.73 bits per heavy atom. The van der Waals surface area contributed by atoms with Crippen molar-refractivity contribution in [2.24, 2.45) is 0 Å². The van der Waals surface area contributed by atoms with E-state index in [0.29, 0.717) is 0 Å². The molecule has 15 heavy (non-hydrogen) atoms. The topological polar surface area (TPSA) is 15.3 Å². The number of hydrogen-bond acceptors (Lipinski definition) is 2. The third kappa shape index (κ3) is 3.56. The smallest absolute Gasteiger partial charge is 0.0385 e. The number of benzene rings is 1. The van der Waals surface area contributed by atoms with Crippen LogP contribution in [0.3, 0.4) is 0 Å². The lowest BCUT2D eigenvalue weighted by molar-refractivity contribution is 0.296. The monoisotopic (exact) mass is 206 g/mol. The second-order valence-corrected chi connectivity index (χ2v) is 3.65. The summed E-state index contributed by atoms with van der Waals surface area (Å²) in [5.41, 5.74) is 2.66. The number of nitrogens with zero attached hydrogens (tertiary/aromatic N) is 1. The fraction of sp³-hybridized carbons (Fsp3) is 0.538. The third-order valence-electron chi connectivity index (χ3n) is 2.67. The number of rotatable bonds is 6. The largest absolute Gasteiger partial charge is 0.385 e. The second-order valence-electron chi connectivity index (χ2n) is 3.65. The molecule has 2 nitrogen and oxygen atoms in total. The minimum Gasteiger partial charge on any atom is -0.385 e. The SMILES string of the molecule is CCNc1ccccc1CN(CC)CC. The minimum absolute atomic E-state index is 0.981. The Bertz CT molecular complexity index is 280. The van der Waals surface area contributed by atoms with Crippen molar-refractivity contribution < 1.29 is 0 Å². The van der Waals surface area contributed by atoms with E-state index in [4.69, 9.17) is 0 Å². The maximum Gasteiger partial charge on any atom is 0.0385 e. The lowest BCUT2D eigenvalue weighted by atomic mass is 10.1. The fourth-order valence-corrected chi connectivity index (χ4v) is 1.71. The highest BCUT2D eigenvalue weighted by molar-refractivity contribution is 5.50. The van der Waals surface area contributed by atoms with Gasteiger partial charge in [-0.3, -0.25) is 4.90 Å². The molecule has 84 valence electrons. The van der Waals surface area contributed by atoms with Crippen LogP contribution in [0.4, 0.5) is 5.69 Å². The average Bonchev–Trinajstić information content (AvgIpc) is 2.28. The van der Waals surface area contributed by atoms with Crippen molar-refractivity contribution >= 4 is 5.69 Å². The molecule has 0 saturated heterocycles. The summed E-state index contributed by atoms with van der Waals surface area (Å²) in [6.45, 7) is 10.8. The van der Waals surface area contributed by atoms with Crippen molar-refractivity contribution in [2.75, 3.05) is 25.0 Å². The van der Waals surface area contributed by atoms with Gasteiger partial charge in [-0.1, -0.05) is 32.0 Å². The molecule has 0 atom stereocenters. The van der Waals surface area contributed by atoms with E-state index in [1.807, 2.05) is 0 Å². The summed E-state index contributed by atoms with van der Waals surface area (Å²) in [7, 11) is 0. The summed E-state index contributed by atoms with van der Waals surface area (Å²) < 4.78 is 0. The van der Waals surface area contributed by atoms with E-state index < -0.39 is 0 Å². The summed E-state index contributed by atoms with van der Waals surface area (Å²) in [4.78, 5) is 2.43. The van der Waals surface area contributed by atoms with Crippen molar-refractivity contribution in [3.63, 3.8) is 0 Å². The van der Waals surface area contributed by atoms with Gasteiger partial charge in [0.2, 0.25) is 0 Å². The lowest BCUT2D eigenvalue weighted by Gasteiger charge is -2.20. The van der Waals surface area contributed by atoms with Gasteiger partial charge in [0.25, 0.3) is 0 Å². The standard InChI is InChI=1S/C13H22N2/c1-4-14-13-10-8-7-9-12(13)11-15(5-2)6-3/h7-10,14H,4-6,11H2,1-3H3. The lowest BCUT2D eigenvalue weighted by Crippen LogP contribution is -2.22. The molecule has 1 rings (SSSR count). The van der Waals surface area contributed by atoms with E-state index in [1.165, 1.54) is 11.3 Å². The van der Waals surface area contributed by atoms with E-state index in [2.05, 4.69) is 55.3 Å².